The monoisotopic (exact) mass is 353 g/mol. The van der Waals surface area contributed by atoms with E-state index in [1.807, 2.05) is 11.0 Å². The Bertz CT molecular complexity index is 503. The molecule has 3 nitrogen and oxygen atoms in total. The van der Waals surface area contributed by atoms with Gasteiger partial charge in [-0.2, -0.15) is 0 Å². The molecule has 0 aromatic heterocycles. The van der Waals surface area contributed by atoms with E-state index in [1.54, 1.807) is 0 Å². The minimum absolute atomic E-state index is 0.0353. The summed E-state index contributed by atoms with van der Waals surface area (Å²) >= 11 is 0.302. The first-order valence-corrected chi connectivity index (χ1v) is 9.49. The molecule has 1 amide bonds. The summed E-state index contributed by atoms with van der Waals surface area (Å²) in [6, 6.07) is 11.0. The number of carbonyl (C=O) groups excluding carboxylic acids is 1. The van der Waals surface area contributed by atoms with Gasteiger partial charge < -0.3 is 0 Å². The molecule has 3 rings (SSSR count). The Morgan fingerprint density at radius 3 is 2.76 bits per heavy atom. The van der Waals surface area contributed by atoms with E-state index in [-0.39, 0.29) is 16.5 Å². The Labute approximate surface area is 133 Å². The van der Waals surface area contributed by atoms with Crippen LogP contribution in [0.15, 0.2) is 30.3 Å². The molecule has 114 valence electrons. The summed E-state index contributed by atoms with van der Waals surface area (Å²) in [6.45, 7) is 5.37. The quantitative estimate of drug-likeness (QED) is 0.783. The van der Waals surface area contributed by atoms with Gasteiger partial charge in [-0.3, -0.25) is 0 Å². The van der Waals surface area contributed by atoms with Crippen molar-refractivity contribution < 1.29 is 9.53 Å². The van der Waals surface area contributed by atoms with Crippen molar-refractivity contribution in [1.82, 2.24) is 4.90 Å². The van der Waals surface area contributed by atoms with Gasteiger partial charge in [0, 0.05) is 0 Å². The SMILES string of the molecule is CC(C)([Se]c1ccccc1)C1CC2CCCCN2C(=O)O1. The van der Waals surface area contributed by atoms with Gasteiger partial charge in [-0.1, -0.05) is 0 Å². The first-order chi connectivity index (χ1) is 10.1. The fourth-order valence-corrected chi connectivity index (χ4v) is 5.72. The van der Waals surface area contributed by atoms with Gasteiger partial charge in [-0.05, 0) is 0 Å². The first-order valence-electron chi connectivity index (χ1n) is 7.77. The molecule has 21 heavy (non-hydrogen) atoms. The molecule has 0 aliphatic carbocycles. The number of benzene rings is 1. The zero-order chi connectivity index (χ0) is 14.9. The number of rotatable bonds is 3. The number of piperidine rings is 1. The third-order valence-electron chi connectivity index (χ3n) is 4.49. The number of ether oxygens (including phenoxy) is 1. The molecule has 0 N–H and O–H groups in total. The van der Waals surface area contributed by atoms with E-state index in [2.05, 4.69) is 38.1 Å². The van der Waals surface area contributed by atoms with Gasteiger partial charge in [0.1, 0.15) is 0 Å². The Kier molecular flexibility index (Phi) is 4.28. The van der Waals surface area contributed by atoms with Crippen LogP contribution in [0.1, 0.15) is 39.5 Å². The second-order valence-electron chi connectivity index (χ2n) is 6.47. The molecule has 2 fully saturated rings. The van der Waals surface area contributed by atoms with Crippen molar-refractivity contribution >= 4 is 25.5 Å². The maximum atomic E-state index is 12.2. The number of nitrogens with zero attached hydrogens (tertiary/aromatic N) is 1. The second-order valence-corrected chi connectivity index (χ2v) is 10.1. The summed E-state index contributed by atoms with van der Waals surface area (Å²) in [5.74, 6) is 0. The molecule has 1 aromatic rings. The fraction of sp³-hybridized carbons (Fsp3) is 0.588. The molecule has 0 radical (unpaired) electrons. The van der Waals surface area contributed by atoms with E-state index < -0.39 is 0 Å². The van der Waals surface area contributed by atoms with Crippen molar-refractivity contribution in [2.45, 2.75) is 56.0 Å². The van der Waals surface area contributed by atoms with Crippen LogP contribution < -0.4 is 4.46 Å². The van der Waals surface area contributed by atoms with Gasteiger partial charge in [0.2, 0.25) is 0 Å². The molecule has 2 aliphatic heterocycles. The number of carbonyl (C=O) groups is 1. The third kappa shape index (κ3) is 3.27. The fourth-order valence-electron chi connectivity index (χ4n) is 3.25. The molecule has 1 aromatic carbocycles. The molecule has 0 spiro atoms. The van der Waals surface area contributed by atoms with E-state index in [0.717, 1.165) is 25.8 Å². The van der Waals surface area contributed by atoms with E-state index in [9.17, 15) is 4.79 Å². The van der Waals surface area contributed by atoms with Crippen LogP contribution in [-0.2, 0) is 4.74 Å². The van der Waals surface area contributed by atoms with Gasteiger partial charge in [-0.25, -0.2) is 0 Å². The Morgan fingerprint density at radius 1 is 1.24 bits per heavy atom. The zero-order valence-electron chi connectivity index (χ0n) is 12.7. The molecule has 0 saturated carbocycles. The van der Waals surface area contributed by atoms with E-state index in [0.29, 0.717) is 21.0 Å². The standard InChI is InChI=1S/C17H23NO2Se/c1-17(2,21-14-9-4-3-5-10-14)15-12-13-8-6-7-11-18(13)16(19)20-15/h3-5,9-10,13,15H,6-8,11-12H2,1-2H3. The van der Waals surface area contributed by atoms with Gasteiger partial charge in [0.05, 0.1) is 0 Å². The molecule has 2 saturated heterocycles. The summed E-state index contributed by atoms with van der Waals surface area (Å²) in [6.07, 6.45) is 4.45. The number of fused-ring (bicyclic) bond motifs is 1. The second kappa shape index (κ2) is 6.02. The molecule has 2 atom stereocenters. The normalized spacial score (nSPS) is 26.2. The van der Waals surface area contributed by atoms with Crippen molar-refractivity contribution in [3.8, 4) is 0 Å². The van der Waals surface area contributed by atoms with Crippen LogP contribution in [0.2, 0.25) is 4.31 Å². The Balaban J connectivity index is 1.72. The van der Waals surface area contributed by atoms with Gasteiger partial charge in [0.15, 0.2) is 0 Å². The van der Waals surface area contributed by atoms with E-state index >= 15 is 0 Å². The summed E-state index contributed by atoms with van der Waals surface area (Å²) in [5, 5.41) is 0. The number of amides is 1. The van der Waals surface area contributed by atoms with Crippen LogP contribution in [0, 0.1) is 0 Å². The van der Waals surface area contributed by atoms with Crippen molar-refractivity contribution in [3.63, 3.8) is 0 Å². The summed E-state index contributed by atoms with van der Waals surface area (Å²) < 4.78 is 7.20. The van der Waals surface area contributed by atoms with Crippen LogP contribution in [0.3, 0.4) is 0 Å². The zero-order valence-corrected chi connectivity index (χ0v) is 14.5. The predicted octanol–water partition coefficient (Wildman–Crippen LogP) is 2.98. The van der Waals surface area contributed by atoms with Crippen molar-refractivity contribution in [3.05, 3.63) is 30.3 Å². The summed E-state index contributed by atoms with van der Waals surface area (Å²) in [4.78, 5) is 14.2. The van der Waals surface area contributed by atoms with Gasteiger partial charge in [-0.15, -0.1) is 0 Å². The summed E-state index contributed by atoms with van der Waals surface area (Å²) in [7, 11) is 0. The van der Waals surface area contributed by atoms with Crippen LogP contribution >= 0.6 is 0 Å². The Morgan fingerprint density at radius 2 is 2.00 bits per heavy atom. The average molecular weight is 352 g/mol. The number of hydrogen-bond acceptors (Lipinski definition) is 2. The van der Waals surface area contributed by atoms with Gasteiger partial charge >= 0.3 is 133 Å². The minimum atomic E-state index is -0.0899. The van der Waals surface area contributed by atoms with Crippen LogP contribution in [0.5, 0.6) is 0 Å². The first kappa shape index (κ1) is 14.9. The molecular formula is C17H23NO2Se. The van der Waals surface area contributed by atoms with Crippen molar-refractivity contribution in [1.29, 1.82) is 0 Å². The average Bonchev–Trinajstić information content (AvgIpc) is 2.48. The molecular weight excluding hydrogens is 329 g/mol. The summed E-state index contributed by atoms with van der Waals surface area (Å²) in [5.41, 5.74) is 0. The topological polar surface area (TPSA) is 29.5 Å². The maximum absolute atomic E-state index is 12.2. The third-order valence-corrected chi connectivity index (χ3v) is 7.21. The molecule has 0 bridgehead atoms. The number of cyclic esters (lactones) is 1. The van der Waals surface area contributed by atoms with Crippen molar-refractivity contribution in [2.75, 3.05) is 6.54 Å². The van der Waals surface area contributed by atoms with E-state index in [1.165, 1.54) is 10.9 Å². The van der Waals surface area contributed by atoms with Crippen LogP contribution in [0.25, 0.3) is 0 Å². The van der Waals surface area contributed by atoms with Crippen molar-refractivity contribution in [2.24, 2.45) is 0 Å². The molecule has 4 heteroatoms. The van der Waals surface area contributed by atoms with E-state index in [4.69, 9.17) is 4.74 Å². The predicted molar refractivity (Wildman–Crippen MR) is 85.1 cm³/mol. The Hall–Kier alpha value is -0.991. The van der Waals surface area contributed by atoms with Gasteiger partial charge in [0.25, 0.3) is 0 Å². The molecule has 2 aliphatic rings. The molecule has 2 heterocycles. The van der Waals surface area contributed by atoms with Crippen LogP contribution in [0.4, 0.5) is 4.79 Å². The van der Waals surface area contributed by atoms with Crippen LogP contribution in [-0.4, -0.2) is 44.6 Å². The molecule has 2 unspecified atom stereocenters. The number of hydrogen-bond donors (Lipinski definition) is 0.